The average molecular weight is 284 g/mol. The van der Waals surface area contributed by atoms with Crippen LogP contribution < -0.4 is 11.1 Å². The SMILES string of the molecule is Cc1ccccc1CNC(=O)[C@H](N)Cc1ccc(O)cc1. The summed E-state index contributed by atoms with van der Waals surface area (Å²) in [7, 11) is 0. The van der Waals surface area contributed by atoms with Crippen LogP contribution in [0.5, 0.6) is 5.75 Å². The summed E-state index contributed by atoms with van der Waals surface area (Å²) in [5.74, 6) is 0.0302. The number of carbonyl (C=O) groups excluding carboxylic acids is 1. The number of amides is 1. The highest BCUT2D eigenvalue weighted by Gasteiger charge is 2.14. The molecule has 110 valence electrons. The molecular weight excluding hydrogens is 264 g/mol. The van der Waals surface area contributed by atoms with Gasteiger partial charge in [0.2, 0.25) is 5.91 Å². The van der Waals surface area contributed by atoms with Crippen LogP contribution in [-0.2, 0) is 17.8 Å². The molecule has 4 nitrogen and oxygen atoms in total. The molecule has 0 radical (unpaired) electrons. The van der Waals surface area contributed by atoms with Crippen LogP contribution in [0.25, 0.3) is 0 Å². The molecule has 1 atom stereocenters. The molecule has 0 saturated heterocycles. The first kappa shape index (κ1) is 15.1. The number of rotatable bonds is 5. The van der Waals surface area contributed by atoms with Gasteiger partial charge >= 0.3 is 0 Å². The van der Waals surface area contributed by atoms with Crippen molar-refractivity contribution < 1.29 is 9.90 Å². The lowest BCUT2D eigenvalue weighted by Crippen LogP contribution is -2.41. The van der Waals surface area contributed by atoms with E-state index in [9.17, 15) is 9.90 Å². The predicted octanol–water partition coefficient (Wildman–Crippen LogP) is 1.89. The van der Waals surface area contributed by atoms with Crippen LogP contribution in [0.1, 0.15) is 16.7 Å². The number of phenolic OH excluding ortho intramolecular Hbond substituents is 1. The number of hydrogen-bond acceptors (Lipinski definition) is 3. The Morgan fingerprint density at radius 1 is 1.19 bits per heavy atom. The molecule has 0 aromatic heterocycles. The highest BCUT2D eigenvalue weighted by atomic mass is 16.3. The van der Waals surface area contributed by atoms with Crippen molar-refractivity contribution in [3.05, 3.63) is 65.2 Å². The minimum absolute atomic E-state index is 0.175. The lowest BCUT2D eigenvalue weighted by Gasteiger charge is -2.13. The van der Waals surface area contributed by atoms with Gasteiger partial charge in [0.25, 0.3) is 0 Å². The Hall–Kier alpha value is -2.33. The minimum atomic E-state index is -0.599. The fraction of sp³-hybridized carbons (Fsp3) is 0.235. The summed E-state index contributed by atoms with van der Waals surface area (Å²) in [6.07, 6.45) is 0.444. The van der Waals surface area contributed by atoms with Crippen molar-refractivity contribution in [2.24, 2.45) is 5.73 Å². The zero-order chi connectivity index (χ0) is 15.2. The quantitative estimate of drug-likeness (QED) is 0.785. The van der Waals surface area contributed by atoms with Gasteiger partial charge in [-0.3, -0.25) is 4.79 Å². The molecule has 4 N–H and O–H groups in total. The van der Waals surface area contributed by atoms with Crippen molar-refractivity contribution >= 4 is 5.91 Å². The van der Waals surface area contributed by atoms with Crippen molar-refractivity contribution in [1.29, 1.82) is 0 Å². The van der Waals surface area contributed by atoms with E-state index in [1.54, 1.807) is 24.3 Å². The molecule has 0 saturated carbocycles. The Morgan fingerprint density at radius 3 is 2.52 bits per heavy atom. The summed E-state index contributed by atoms with van der Waals surface area (Å²) in [6.45, 7) is 2.49. The molecule has 0 bridgehead atoms. The summed E-state index contributed by atoms with van der Waals surface area (Å²) in [6, 6.07) is 14.0. The summed E-state index contributed by atoms with van der Waals surface area (Å²) in [5.41, 5.74) is 9.07. The van der Waals surface area contributed by atoms with Crippen LogP contribution in [0.4, 0.5) is 0 Å². The topological polar surface area (TPSA) is 75.4 Å². The Labute approximate surface area is 124 Å². The number of aryl methyl sites for hydroxylation is 1. The Bertz CT molecular complexity index is 608. The second-order valence-electron chi connectivity index (χ2n) is 5.12. The molecule has 0 aliphatic heterocycles. The third kappa shape index (κ3) is 4.33. The zero-order valence-corrected chi connectivity index (χ0v) is 12.0. The van der Waals surface area contributed by atoms with Crippen LogP contribution in [0.15, 0.2) is 48.5 Å². The average Bonchev–Trinajstić information content (AvgIpc) is 2.48. The van der Waals surface area contributed by atoms with E-state index in [1.165, 1.54) is 0 Å². The van der Waals surface area contributed by atoms with Gasteiger partial charge in [-0.1, -0.05) is 36.4 Å². The number of aromatic hydroxyl groups is 1. The van der Waals surface area contributed by atoms with Gasteiger partial charge in [0.05, 0.1) is 6.04 Å². The van der Waals surface area contributed by atoms with E-state index >= 15 is 0 Å². The molecule has 1 amide bonds. The van der Waals surface area contributed by atoms with Crippen molar-refractivity contribution in [3.8, 4) is 5.75 Å². The molecule has 4 heteroatoms. The number of phenols is 1. The highest BCUT2D eigenvalue weighted by Crippen LogP contribution is 2.11. The summed E-state index contributed by atoms with van der Waals surface area (Å²) in [5, 5.41) is 12.1. The fourth-order valence-electron chi connectivity index (χ4n) is 2.10. The molecule has 2 aromatic rings. The maximum atomic E-state index is 12.0. The Balaban J connectivity index is 1.88. The molecule has 2 aromatic carbocycles. The van der Waals surface area contributed by atoms with Crippen LogP contribution in [0.3, 0.4) is 0 Å². The number of benzene rings is 2. The molecule has 0 fully saturated rings. The molecule has 0 aliphatic carbocycles. The van der Waals surface area contributed by atoms with Crippen molar-refractivity contribution in [1.82, 2.24) is 5.32 Å². The van der Waals surface area contributed by atoms with Gasteiger partial charge in [0, 0.05) is 6.54 Å². The zero-order valence-electron chi connectivity index (χ0n) is 12.0. The van der Waals surface area contributed by atoms with E-state index in [1.807, 2.05) is 31.2 Å². The van der Waals surface area contributed by atoms with Crippen LogP contribution in [0, 0.1) is 6.92 Å². The standard InChI is InChI=1S/C17H20N2O2/c1-12-4-2-3-5-14(12)11-19-17(21)16(18)10-13-6-8-15(20)9-7-13/h2-9,16,20H,10-11,18H2,1H3,(H,19,21)/t16-/m1/s1. The van der Waals surface area contributed by atoms with E-state index in [-0.39, 0.29) is 11.7 Å². The van der Waals surface area contributed by atoms with Gasteiger partial charge in [0.1, 0.15) is 5.75 Å². The highest BCUT2D eigenvalue weighted by molar-refractivity contribution is 5.81. The Morgan fingerprint density at radius 2 is 1.86 bits per heavy atom. The second-order valence-corrected chi connectivity index (χ2v) is 5.12. The van der Waals surface area contributed by atoms with Crippen molar-refractivity contribution in [2.45, 2.75) is 25.9 Å². The van der Waals surface area contributed by atoms with Crippen LogP contribution in [-0.4, -0.2) is 17.1 Å². The van der Waals surface area contributed by atoms with Gasteiger partial charge < -0.3 is 16.2 Å². The normalized spacial score (nSPS) is 11.9. The van der Waals surface area contributed by atoms with Gasteiger partial charge in [-0.2, -0.15) is 0 Å². The van der Waals surface area contributed by atoms with Gasteiger partial charge in [0.15, 0.2) is 0 Å². The third-order valence-electron chi connectivity index (χ3n) is 3.44. The van der Waals surface area contributed by atoms with E-state index in [2.05, 4.69) is 5.32 Å². The fourth-order valence-corrected chi connectivity index (χ4v) is 2.10. The van der Waals surface area contributed by atoms with Crippen molar-refractivity contribution in [3.63, 3.8) is 0 Å². The lowest BCUT2D eigenvalue weighted by atomic mass is 10.1. The van der Waals surface area contributed by atoms with E-state index < -0.39 is 6.04 Å². The van der Waals surface area contributed by atoms with Crippen molar-refractivity contribution in [2.75, 3.05) is 0 Å². The third-order valence-corrected chi connectivity index (χ3v) is 3.44. The van der Waals surface area contributed by atoms with E-state index in [4.69, 9.17) is 5.73 Å². The first-order valence-electron chi connectivity index (χ1n) is 6.92. The number of hydrogen-bond donors (Lipinski definition) is 3. The molecular formula is C17H20N2O2. The first-order valence-corrected chi connectivity index (χ1v) is 6.92. The predicted molar refractivity (Wildman–Crippen MR) is 82.8 cm³/mol. The van der Waals surface area contributed by atoms with Gasteiger partial charge in [-0.25, -0.2) is 0 Å². The number of carbonyl (C=O) groups is 1. The van der Waals surface area contributed by atoms with Gasteiger partial charge in [-0.15, -0.1) is 0 Å². The van der Waals surface area contributed by atoms with E-state index in [0.29, 0.717) is 13.0 Å². The lowest BCUT2D eigenvalue weighted by molar-refractivity contribution is -0.122. The largest absolute Gasteiger partial charge is 0.508 e. The molecule has 0 heterocycles. The van der Waals surface area contributed by atoms with E-state index in [0.717, 1.165) is 16.7 Å². The molecule has 0 spiro atoms. The molecule has 21 heavy (non-hydrogen) atoms. The monoisotopic (exact) mass is 284 g/mol. The van der Waals surface area contributed by atoms with Crippen LogP contribution >= 0.6 is 0 Å². The maximum absolute atomic E-state index is 12.0. The summed E-state index contributed by atoms with van der Waals surface area (Å²) >= 11 is 0. The second kappa shape index (κ2) is 6.90. The van der Waals surface area contributed by atoms with Crippen LogP contribution in [0.2, 0.25) is 0 Å². The van der Waals surface area contributed by atoms with Gasteiger partial charge in [-0.05, 0) is 42.2 Å². The molecule has 0 aliphatic rings. The smallest absolute Gasteiger partial charge is 0.237 e. The summed E-state index contributed by atoms with van der Waals surface area (Å²) < 4.78 is 0. The molecule has 0 unspecified atom stereocenters. The number of nitrogens with two attached hydrogens (primary N) is 1. The number of nitrogens with one attached hydrogen (secondary N) is 1. The maximum Gasteiger partial charge on any atom is 0.237 e. The first-order chi connectivity index (χ1) is 10.1. The Kier molecular flexibility index (Phi) is 4.95. The minimum Gasteiger partial charge on any atom is -0.508 e. The summed E-state index contributed by atoms with van der Waals surface area (Å²) in [4.78, 5) is 12.0. The molecule has 2 rings (SSSR count).